The highest BCUT2D eigenvalue weighted by Gasteiger charge is 2.33. The summed E-state index contributed by atoms with van der Waals surface area (Å²) in [5.41, 5.74) is 1.57. The van der Waals surface area contributed by atoms with E-state index in [2.05, 4.69) is 13.8 Å². The summed E-state index contributed by atoms with van der Waals surface area (Å²) in [6.07, 6.45) is 11.8. The third kappa shape index (κ3) is 15.6. The molecule has 5 N–H and O–H groups in total. The van der Waals surface area contributed by atoms with Crippen LogP contribution in [-0.2, 0) is 14.4 Å². The number of unbranched alkanes of at least 4 members (excludes halogenated alkanes) is 7. The smallest absolute Gasteiger partial charge is 0.335 e. The van der Waals surface area contributed by atoms with Crippen LogP contribution < -0.4 is 0 Å². The molecule has 0 aliphatic heterocycles. The van der Waals surface area contributed by atoms with Crippen LogP contribution in [0.2, 0.25) is 0 Å². The first-order chi connectivity index (χ1) is 19.7. The molecule has 0 fully saturated rings. The van der Waals surface area contributed by atoms with E-state index >= 15 is 0 Å². The van der Waals surface area contributed by atoms with Gasteiger partial charge >= 0.3 is 5.97 Å². The number of allylic oxidation sites excluding steroid dienone is 4. The quantitative estimate of drug-likeness (QED) is 0.0596. The largest absolute Gasteiger partial charge is 0.479 e. The average Bonchev–Trinajstić information content (AvgIpc) is 2.94. The topological polar surface area (TPSA) is 152 Å². The fraction of sp³-hybridized carbons (Fsp3) is 0.727. The first kappa shape index (κ1) is 40.2. The maximum atomic E-state index is 13.0. The minimum Gasteiger partial charge on any atom is -0.479 e. The molecular weight excluding hydrogens is 556 g/mol. The van der Waals surface area contributed by atoms with Gasteiger partial charge in [-0.05, 0) is 44.3 Å². The van der Waals surface area contributed by atoms with E-state index in [1.54, 1.807) is 19.9 Å². The molecule has 0 rings (SSSR count). The molecule has 0 aromatic rings. The molecule has 242 valence electrons. The predicted molar refractivity (Wildman–Crippen MR) is 170 cm³/mol. The second kappa shape index (κ2) is 21.8. The zero-order valence-corrected chi connectivity index (χ0v) is 27.5. The molecule has 0 bridgehead atoms. The lowest BCUT2D eigenvalue weighted by Crippen LogP contribution is -2.42. The van der Waals surface area contributed by atoms with Crippen molar-refractivity contribution in [3.63, 3.8) is 0 Å². The van der Waals surface area contributed by atoms with E-state index in [1.807, 2.05) is 19.9 Å². The normalized spacial score (nSPS) is 18.1. The van der Waals surface area contributed by atoms with Gasteiger partial charge in [-0.15, -0.1) is 0 Å². The van der Waals surface area contributed by atoms with Gasteiger partial charge in [0.15, 0.2) is 11.9 Å². The highest BCUT2D eigenvalue weighted by Crippen LogP contribution is 2.24. The number of carbonyl (C=O) groups excluding carboxylic acids is 2. The number of aliphatic hydroxyl groups excluding tert-OH is 4. The lowest BCUT2D eigenvalue weighted by atomic mass is 9.88. The summed E-state index contributed by atoms with van der Waals surface area (Å²) in [5, 5.41) is 46.8. The van der Waals surface area contributed by atoms with Gasteiger partial charge in [0.2, 0.25) is 5.12 Å². The summed E-state index contributed by atoms with van der Waals surface area (Å²) in [6, 6.07) is 0. The van der Waals surface area contributed by atoms with Crippen molar-refractivity contribution in [2.24, 2.45) is 17.8 Å². The number of hydrogen-bond donors (Lipinski definition) is 5. The first-order valence-corrected chi connectivity index (χ1v) is 16.2. The molecule has 0 heterocycles. The number of carbonyl (C=O) groups is 3. The van der Waals surface area contributed by atoms with Gasteiger partial charge in [-0.2, -0.15) is 0 Å². The van der Waals surface area contributed by atoms with Crippen molar-refractivity contribution in [3.8, 4) is 0 Å². The van der Waals surface area contributed by atoms with E-state index in [9.17, 15) is 34.8 Å². The Balaban J connectivity index is 5.02. The van der Waals surface area contributed by atoms with E-state index in [0.717, 1.165) is 18.4 Å². The highest BCUT2D eigenvalue weighted by molar-refractivity contribution is 8.14. The van der Waals surface area contributed by atoms with Gasteiger partial charge in [-0.1, -0.05) is 115 Å². The van der Waals surface area contributed by atoms with E-state index in [0.29, 0.717) is 17.3 Å². The van der Waals surface area contributed by atoms with Crippen molar-refractivity contribution < 1.29 is 39.9 Å². The average molecular weight is 613 g/mol. The van der Waals surface area contributed by atoms with Crippen LogP contribution in [0.15, 0.2) is 34.9 Å². The van der Waals surface area contributed by atoms with Crippen LogP contribution in [0, 0.1) is 17.8 Å². The molecule has 9 heteroatoms. The van der Waals surface area contributed by atoms with Crippen LogP contribution in [0.5, 0.6) is 0 Å². The Hall–Kier alpha value is -1.78. The molecule has 0 aliphatic carbocycles. The van der Waals surface area contributed by atoms with Gasteiger partial charge < -0.3 is 25.5 Å². The number of aliphatic hydroxyl groups is 4. The van der Waals surface area contributed by atoms with E-state index < -0.39 is 47.2 Å². The molecule has 8 nitrogen and oxygen atoms in total. The molecule has 42 heavy (non-hydrogen) atoms. The number of carboxylic acid groups (broad SMARTS) is 1. The fourth-order valence-corrected chi connectivity index (χ4v) is 5.83. The number of ketones is 1. The Morgan fingerprint density at radius 1 is 0.786 bits per heavy atom. The maximum absolute atomic E-state index is 13.0. The second-order valence-corrected chi connectivity index (χ2v) is 12.9. The number of hydrogen-bond acceptors (Lipinski definition) is 8. The molecule has 0 spiro atoms. The van der Waals surface area contributed by atoms with Crippen molar-refractivity contribution in [2.45, 2.75) is 130 Å². The number of aliphatic carboxylic acids is 1. The number of Topliss-reactive ketones (excluding diaryl/α,β-unsaturated/α-hetero) is 1. The molecule has 7 atom stereocenters. The number of thioether (sulfide) groups is 1. The van der Waals surface area contributed by atoms with Gasteiger partial charge in [0.25, 0.3) is 0 Å². The van der Waals surface area contributed by atoms with Crippen LogP contribution in [-0.4, -0.2) is 72.6 Å². The molecular formula is C33H56O8S. The second-order valence-electron chi connectivity index (χ2n) is 11.7. The molecule has 0 radical (unpaired) electrons. The molecule has 0 unspecified atom stereocenters. The van der Waals surface area contributed by atoms with Gasteiger partial charge in [0, 0.05) is 11.8 Å². The summed E-state index contributed by atoms with van der Waals surface area (Å²) < 4.78 is 0. The van der Waals surface area contributed by atoms with Crippen LogP contribution in [0.4, 0.5) is 0 Å². The van der Waals surface area contributed by atoms with Crippen molar-refractivity contribution in [3.05, 3.63) is 34.9 Å². The Kier molecular flexibility index (Phi) is 20.9. The molecule has 0 saturated carbocycles. The van der Waals surface area contributed by atoms with Gasteiger partial charge in [0.05, 0.1) is 18.0 Å². The van der Waals surface area contributed by atoms with Crippen molar-refractivity contribution in [2.75, 3.05) is 6.61 Å². The lowest BCUT2D eigenvalue weighted by molar-refractivity contribution is -0.153. The van der Waals surface area contributed by atoms with Crippen molar-refractivity contribution in [1.82, 2.24) is 0 Å². The standard InChI is InChI=1S/C33H56O8S/c1-8-9-10-11-12-13-14-15-16-22(3)28(35)23(4)17-21(2)18-24(5)29(36)25(6)19-26(7)33(41)42-27(20-34)30(37)31(38)32(39)40/h17-19,22-23,25,27-28,30-31,34-35,37-38H,8-16,20H2,1-7H3,(H,39,40)/b21-17+,24-18+,26-19+/t22-,23-,25+,27+,28+,30+,31-/m0/s1. The summed E-state index contributed by atoms with van der Waals surface area (Å²) in [5.74, 6) is -2.37. The summed E-state index contributed by atoms with van der Waals surface area (Å²) in [6.45, 7) is 12.3. The zero-order chi connectivity index (χ0) is 32.4. The van der Waals surface area contributed by atoms with Crippen LogP contribution in [0.25, 0.3) is 0 Å². The third-order valence-electron chi connectivity index (χ3n) is 7.62. The molecule has 0 saturated heterocycles. The molecule has 0 aromatic heterocycles. The molecule has 0 aromatic carbocycles. The van der Waals surface area contributed by atoms with Gasteiger partial charge in [0.1, 0.15) is 6.10 Å². The molecule has 0 amide bonds. The van der Waals surface area contributed by atoms with Gasteiger partial charge in [-0.3, -0.25) is 9.59 Å². The van der Waals surface area contributed by atoms with Crippen molar-refractivity contribution >= 4 is 28.6 Å². The summed E-state index contributed by atoms with van der Waals surface area (Å²) in [4.78, 5) is 36.5. The zero-order valence-electron chi connectivity index (χ0n) is 26.7. The van der Waals surface area contributed by atoms with Gasteiger partial charge in [-0.25, -0.2) is 4.79 Å². The first-order valence-electron chi connectivity index (χ1n) is 15.4. The SMILES string of the molecule is CCCCCCCCCC[C@H](C)[C@@H](O)[C@@H](C)/C=C(C)/C=C(\C)C(=O)[C@H](C)/C=C(\C)C(=O)S[C@H](CO)[C@@H](O)[C@H](O)C(=O)O. The van der Waals surface area contributed by atoms with Crippen LogP contribution >= 0.6 is 11.8 Å². The Morgan fingerprint density at radius 2 is 1.33 bits per heavy atom. The maximum Gasteiger partial charge on any atom is 0.335 e. The van der Waals surface area contributed by atoms with Crippen LogP contribution in [0.1, 0.15) is 106 Å². The minimum atomic E-state index is -2.14. The monoisotopic (exact) mass is 612 g/mol. The third-order valence-corrected chi connectivity index (χ3v) is 8.89. The Labute approximate surface area is 257 Å². The van der Waals surface area contributed by atoms with Crippen LogP contribution in [0.3, 0.4) is 0 Å². The fourth-order valence-electron chi connectivity index (χ4n) is 4.94. The predicted octanol–water partition coefficient (Wildman–Crippen LogP) is 5.62. The van der Waals surface area contributed by atoms with E-state index in [4.69, 9.17) is 5.11 Å². The lowest BCUT2D eigenvalue weighted by Gasteiger charge is -2.23. The Morgan fingerprint density at radius 3 is 1.86 bits per heavy atom. The van der Waals surface area contributed by atoms with Crippen molar-refractivity contribution in [1.29, 1.82) is 0 Å². The minimum absolute atomic E-state index is 0.0723. The number of carboxylic acids is 1. The van der Waals surface area contributed by atoms with E-state index in [1.165, 1.54) is 57.9 Å². The Bertz CT molecular complexity index is 925. The summed E-state index contributed by atoms with van der Waals surface area (Å²) >= 11 is 0.512. The number of rotatable bonds is 22. The van der Waals surface area contributed by atoms with E-state index in [-0.39, 0.29) is 23.2 Å². The highest BCUT2D eigenvalue weighted by atomic mass is 32.2. The summed E-state index contributed by atoms with van der Waals surface area (Å²) in [7, 11) is 0. The molecule has 0 aliphatic rings.